The number of rotatable bonds is 4. The van der Waals surface area contributed by atoms with E-state index in [0.717, 1.165) is 5.69 Å². The van der Waals surface area contributed by atoms with Crippen molar-refractivity contribution >= 4 is 10.0 Å². The Morgan fingerprint density at radius 1 is 1.71 bits per heavy atom. The van der Waals surface area contributed by atoms with Gasteiger partial charge in [-0.3, -0.25) is 4.68 Å². The van der Waals surface area contributed by atoms with Crippen LogP contribution in [0.15, 0.2) is 12.3 Å². The van der Waals surface area contributed by atoms with Gasteiger partial charge in [0.25, 0.3) is 0 Å². The zero-order valence-corrected chi connectivity index (χ0v) is 8.45. The Morgan fingerprint density at radius 2 is 2.43 bits per heavy atom. The normalized spacial score (nSPS) is 11.1. The van der Waals surface area contributed by atoms with Gasteiger partial charge in [-0.25, -0.2) is 13.1 Å². The van der Waals surface area contributed by atoms with Crippen LogP contribution in [0.5, 0.6) is 0 Å². The molecule has 1 aromatic heterocycles. The molecule has 7 heteroatoms. The minimum atomic E-state index is -3.48. The first-order valence-electron chi connectivity index (χ1n) is 3.86. The lowest BCUT2D eigenvalue weighted by atomic mass is 10.4. The number of nitrogens with zero attached hydrogens (tertiary/aromatic N) is 3. The summed E-state index contributed by atoms with van der Waals surface area (Å²) in [4.78, 5) is 0. The topological polar surface area (TPSA) is 87.8 Å². The Bertz CT molecular complexity index is 443. The summed E-state index contributed by atoms with van der Waals surface area (Å²) < 4.78 is 26.0. The summed E-state index contributed by atoms with van der Waals surface area (Å²) in [5, 5.41) is 12.1. The van der Waals surface area contributed by atoms with E-state index in [1.807, 2.05) is 0 Å². The van der Waals surface area contributed by atoms with Crippen molar-refractivity contribution in [3.05, 3.63) is 18.0 Å². The second-order valence-corrected chi connectivity index (χ2v) is 4.49. The third-order valence-electron chi connectivity index (χ3n) is 1.65. The Hall–Kier alpha value is -1.39. The van der Waals surface area contributed by atoms with Crippen LogP contribution in [0.4, 0.5) is 0 Å². The van der Waals surface area contributed by atoms with E-state index in [1.165, 1.54) is 0 Å². The Kier molecular flexibility index (Phi) is 3.22. The van der Waals surface area contributed by atoms with E-state index in [9.17, 15) is 8.42 Å². The number of aryl methyl sites for hydroxylation is 1. The van der Waals surface area contributed by atoms with Crippen LogP contribution in [-0.2, 0) is 23.6 Å². The fourth-order valence-electron chi connectivity index (χ4n) is 0.895. The molecule has 0 amide bonds. The van der Waals surface area contributed by atoms with E-state index < -0.39 is 15.8 Å². The van der Waals surface area contributed by atoms with Gasteiger partial charge in [0.15, 0.2) is 5.75 Å². The summed E-state index contributed by atoms with van der Waals surface area (Å²) in [6.07, 6.45) is 1.58. The number of hydrogen-bond donors (Lipinski definition) is 1. The molecule has 6 nitrogen and oxygen atoms in total. The van der Waals surface area contributed by atoms with Crippen LogP contribution in [0, 0.1) is 11.3 Å². The lowest BCUT2D eigenvalue weighted by Crippen LogP contribution is -2.26. The lowest BCUT2D eigenvalue weighted by Gasteiger charge is -2.03. The second-order valence-electron chi connectivity index (χ2n) is 2.68. The van der Waals surface area contributed by atoms with Gasteiger partial charge < -0.3 is 0 Å². The summed E-state index contributed by atoms with van der Waals surface area (Å²) in [6, 6.07) is 3.28. The van der Waals surface area contributed by atoms with Gasteiger partial charge in [0.1, 0.15) is 0 Å². The molecule has 1 rings (SSSR count). The molecular weight excluding hydrogens is 204 g/mol. The smallest absolute Gasteiger partial charge is 0.225 e. The van der Waals surface area contributed by atoms with Crippen molar-refractivity contribution in [3.63, 3.8) is 0 Å². The number of hydrogen-bond acceptors (Lipinski definition) is 4. The monoisotopic (exact) mass is 214 g/mol. The van der Waals surface area contributed by atoms with E-state index in [0.29, 0.717) is 0 Å². The van der Waals surface area contributed by atoms with Gasteiger partial charge in [0.05, 0.1) is 18.3 Å². The Labute approximate surface area is 82.2 Å². The molecule has 1 aromatic rings. The Balaban J connectivity index is 2.58. The van der Waals surface area contributed by atoms with Crippen molar-refractivity contribution in [1.29, 1.82) is 5.26 Å². The number of sulfonamides is 1. The standard InChI is InChI=1S/C7H10N4O2S/c1-11-7(2-4-9-11)6-10-14(12,13)5-3-8/h2,4,10H,5-6H2,1H3. The number of nitriles is 1. The van der Waals surface area contributed by atoms with Crippen LogP contribution < -0.4 is 4.72 Å². The first-order chi connectivity index (χ1) is 6.55. The number of nitrogens with one attached hydrogen (secondary N) is 1. The predicted molar refractivity (Wildman–Crippen MR) is 49.4 cm³/mol. The molecule has 0 spiro atoms. The molecule has 0 unspecified atom stereocenters. The molecule has 1 heterocycles. The predicted octanol–water partition coefficient (Wildman–Crippen LogP) is -0.637. The zero-order valence-electron chi connectivity index (χ0n) is 7.64. The molecule has 0 aliphatic rings. The van der Waals surface area contributed by atoms with E-state index in [-0.39, 0.29) is 6.54 Å². The highest BCUT2D eigenvalue weighted by molar-refractivity contribution is 7.89. The summed E-state index contributed by atoms with van der Waals surface area (Å²) in [5.41, 5.74) is 0.742. The van der Waals surface area contributed by atoms with Gasteiger partial charge in [-0.2, -0.15) is 10.4 Å². The molecule has 0 saturated carbocycles. The van der Waals surface area contributed by atoms with Crippen LogP contribution in [0.25, 0.3) is 0 Å². The minimum Gasteiger partial charge on any atom is -0.271 e. The molecule has 0 radical (unpaired) electrons. The third-order valence-corrected chi connectivity index (χ3v) is 2.74. The van der Waals surface area contributed by atoms with Crippen molar-refractivity contribution < 1.29 is 8.42 Å². The second kappa shape index (κ2) is 4.21. The van der Waals surface area contributed by atoms with Gasteiger partial charge in [0, 0.05) is 13.2 Å². The van der Waals surface area contributed by atoms with Gasteiger partial charge in [-0.05, 0) is 6.07 Å². The van der Waals surface area contributed by atoms with E-state index in [1.54, 1.807) is 30.1 Å². The molecule has 0 fully saturated rings. The van der Waals surface area contributed by atoms with Gasteiger partial charge >= 0.3 is 0 Å². The van der Waals surface area contributed by atoms with Crippen LogP contribution in [0.3, 0.4) is 0 Å². The average molecular weight is 214 g/mol. The van der Waals surface area contributed by atoms with Gasteiger partial charge in [-0.1, -0.05) is 0 Å². The van der Waals surface area contributed by atoms with E-state index in [2.05, 4.69) is 9.82 Å². The lowest BCUT2D eigenvalue weighted by molar-refractivity contribution is 0.580. The van der Waals surface area contributed by atoms with Gasteiger partial charge in [-0.15, -0.1) is 0 Å². The average Bonchev–Trinajstić information content (AvgIpc) is 2.48. The van der Waals surface area contributed by atoms with Crippen molar-refractivity contribution in [3.8, 4) is 6.07 Å². The van der Waals surface area contributed by atoms with Crippen molar-refractivity contribution in [2.75, 3.05) is 5.75 Å². The molecule has 14 heavy (non-hydrogen) atoms. The molecule has 1 N–H and O–H groups in total. The molecule has 0 aliphatic carbocycles. The van der Waals surface area contributed by atoms with E-state index in [4.69, 9.17) is 5.26 Å². The fourth-order valence-corrected chi connectivity index (χ4v) is 1.53. The maximum absolute atomic E-state index is 11.1. The quantitative estimate of drug-likeness (QED) is 0.722. The maximum atomic E-state index is 11.1. The SMILES string of the molecule is Cn1nccc1CNS(=O)(=O)CC#N. The molecule has 76 valence electrons. The van der Waals surface area contributed by atoms with Crippen LogP contribution >= 0.6 is 0 Å². The summed E-state index contributed by atoms with van der Waals surface area (Å²) in [5.74, 6) is -0.523. The maximum Gasteiger partial charge on any atom is 0.225 e. The highest BCUT2D eigenvalue weighted by Gasteiger charge is 2.09. The van der Waals surface area contributed by atoms with Crippen molar-refractivity contribution in [1.82, 2.24) is 14.5 Å². The highest BCUT2D eigenvalue weighted by atomic mass is 32.2. The summed E-state index contributed by atoms with van der Waals surface area (Å²) in [6.45, 7) is 0.153. The molecule has 0 saturated heterocycles. The van der Waals surface area contributed by atoms with Crippen LogP contribution in [-0.4, -0.2) is 24.0 Å². The largest absolute Gasteiger partial charge is 0.271 e. The molecule has 0 aliphatic heterocycles. The van der Waals surface area contributed by atoms with Crippen molar-refractivity contribution in [2.24, 2.45) is 7.05 Å². The minimum absolute atomic E-state index is 0.153. The zero-order chi connectivity index (χ0) is 10.6. The van der Waals surface area contributed by atoms with Crippen LogP contribution in [0.2, 0.25) is 0 Å². The summed E-state index contributed by atoms with van der Waals surface area (Å²) >= 11 is 0. The first-order valence-corrected chi connectivity index (χ1v) is 5.51. The van der Waals surface area contributed by atoms with E-state index >= 15 is 0 Å². The molecule has 0 atom stereocenters. The number of aromatic nitrogens is 2. The molecule has 0 aromatic carbocycles. The summed E-state index contributed by atoms with van der Waals surface area (Å²) in [7, 11) is -1.76. The van der Waals surface area contributed by atoms with Crippen molar-refractivity contribution in [2.45, 2.75) is 6.54 Å². The van der Waals surface area contributed by atoms with Crippen LogP contribution in [0.1, 0.15) is 5.69 Å². The Morgan fingerprint density at radius 3 is 2.93 bits per heavy atom. The highest BCUT2D eigenvalue weighted by Crippen LogP contribution is 1.96. The fraction of sp³-hybridized carbons (Fsp3) is 0.429. The van der Waals surface area contributed by atoms with Gasteiger partial charge in [0.2, 0.25) is 10.0 Å². The first kappa shape index (κ1) is 10.7. The molecule has 0 bridgehead atoms. The third kappa shape index (κ3) is 2.83. The molecular formula is C7H10N4O2S.